The minimum absolute atomic E-state index is 0.0402. The number of halogens is 1. The molecule has 0 saturated carbocycles. The second-order valence-corrected chi connectivity index (χ2v) is 8.55. The number of likely N-dealkylation sites (N-methyl/N-ethyl adjacent to an activating group) is 1. The number of aromatic nitrogens is 3. The molecule has 1 aliphatic carbocycles. The molecular weight excluding hydrogens is 407 g/mol. The van der Waals surface area contributed by atoms with Gasteiger partial charge in [-0.1, -0.05) is 17.3 Å². The number of nitrogen functional groups attached to an aromatic ring is 1. The zero-order chi connectivity index (χ0) is 22.2. The molecule has 1 aliphatic heterocycles. The van der Waals surface area contributed by atoms with Crippen LogP contribution in [-0.4, -0.2) is 51.8 Å². The van der Waals surface area contributed by atoms with E-state index in [0.29, 0.717) is 12.8 Å². The topological polar surface area (TPSA) is 89.5 Å². The minimum Gasteiger partial charge on any atom is -0.390 e. The molecule has 0 unspecified atom stereocenters. The van der Waals surface area contributed by atoms with E-state index >= 15 is 0 Å². The molecule has 3 heterocycles. The highest BCUT2D eigenvalue weighted by molar-refractivity contribution is 6.03. The van der Waals surface area contributed by atoms with Crippen LogP contribution in [0.4, 0.5) is 10.3 Å². The molecule has 3 aromatic rings. The molecule has 2 aliphatic rings. The number of rotatable bonds is 4. The van der Waals surface area contributed by atoms with E-state index in [1.165, 1.54) is 6.07 Å². The first-order valence-electron chi connectivity index (χ1n) is 10.7. The third-order valence-electron chi connectivity index (χ3n) is 6.12. The molecule has 1 aromatic carbocycles. The number of hydrogen-bond acceptors (Lipinski definition) is 7. The zero-order valence-electron chi connectivity index (χ0n) is 18.1. The molecule has 1 atom stereocenters. The van der Waals surface area contributed by atoms with E-state index in [1.54, 1.807) is 18.5 Å². The summed E-state index contributed by atoms with van der Waals surface area (Å²) in [6.45, 7) is 3.63. The van der Waals surface area contributed by atoms with Crippen molar-refractivity contribution in [2.24, 2.45) is 5.16 Å². The van der Waals surface area contributed by atoms with Crippen LogP contribution in [0, 0.1) is 12.7 Å². The molecule has 7 nitrogen and oxygen atoms in total. The number of nitrogens with zero attached hydrogens (tertiary/aromatic N) is 5. The monoisotopic (exact) mass is 432 g/mol. The van der Waals surface area contributed by atoms with Gasteiger partial charge in [0.15, 0.2) is 6.10 Å². The van der Waals surface area contributed by atoms with Crippen LogP contribution in [0.15, 0.2) is 47.9 Å². The van der Waals surface area contributed by atoms with Gasteiger partial charge in [0.05, 0.1) is 17.1 Å². The number of fused-ring (bicyclic) bond motifs is 1. The zero-order valence-corrected chi connectivity index (χ0v) is 18.1. The molecular formula is C24H25FN6O. The summed E-state index contributed by atoms with van der Waals surface area (Å²) < 4.78 is 14.2. The summed E-state index contributed by atoms with van der Waals surface area (Å²) in [5, 5.41) is 4.55. The fourth-order valence-electron chi connectivity index (χ4n) is 4.63. The lowest BCUT2D eigenvalue weighted by molar-refractivity contribution is -0.0413. The maximum absolute atomic E-state index is 14.2. The third-order valence-corrected chi connectivity index (χ3v) is 6.12. The van der Waals surface area contributed by atoms with E-state index in [9.17, 15) is 4.39 Å². The van der Waals surface area contributed by atoms with E-state index in [4.69, 9.17) is 10.6 Å². The molecule has 2 N–H and O–H groups in total. The van der Waals surface area contributed by atoms with Gasteiger partial charge in [-0.15, -0.1) is 0 Å². The first-order valence-corrected chi connectivity index (χ1v) is 10.7. The average Bonchev–Trinajstić information content (AvgIpc) is 2.75. The molecule has 1 fully saturated rings. The van der Waals surface area contributed by atoms with Crippen molar-refractivity contribution in [2.75, 3.05) is 25.9 Å². The van der Waals surface area contributed by atoms with Crippen LogP contribution in [0.3, 0.4) is 0 Å². The molecule has 5 rings (SSSR count). The molecule has 1 saturated heterocycles. The van der Waals surface area contributed by atoms with Crippen molar-refractivity contribution in [3.05, 3.63) is 71.1 Å². The van der Waals surface area contributed by atoms with Crippen molar-refractivity contribution in [3.8, 4) is 11.1 Å². The van der Waals surface area contributed by atoms with E-state index in [-0.39, 0.29) is 23.8 Å². The molecule has 164 valence electrons. The predicted molar refractivity (Wildman–Crippen MR) is 121 cm³/mol. The second kappa shape index (κ2) is 8.27. The highest BCUT2D eigenvalue weighted by Gasteiger charge is 2.32. The maximum atomic E-state index is 14.2. The van der Waals surface area contributed by atoms with Crippen LogP contribution < -0.4 is 5.73 Å². The van der Waals surface area contributed by atoms with Crippen LogP contribution in [0.1, 0.15) is 34.9 Å². The Morgan fingerprint density at radius 3 is 2.78 bits per heavy atom. The smallest absolute Gasteiger partial charge is 0.220 e. The fraction of sp³-hybridized carbons (Fsp3) is 0.333. The molecule has 0 bridgehead atoms. The first-order chi connectivity index (χ1) is 15.5. The normalized spacial score (nSPS) is 20.1. The highest BCUT2D eigenvalue weighted by atomic mass is 19.1. The van der Waals surface area contributed by atoms with E-state index in [0.717, 1.165) is 52.4 Å². The Bertz CT molecular complexity index is 1180. The summed E-state index contributed by atoms with van der Waals surface area (Å²) in [6.07, 6.45) is 4.85. The Hall–Kier alpha value is -3.39. The van der Waals surface area contributed by atoms with Gasteiger partial charge in [0.25, 0.3) is 0 Å². The Morgan fingerprint density at radius 1 is 1.19 bits per heavy atom. The van der Waals surface area contributed by atoms with Gasteiger partial charge in [-0.3, -0.25) is 9.88 Å². The Morgan fingerprint density at radius 2 is 2.03 bits per heavy atom. The van der Waals surface area contributed by atoms with Crippen LogP contribution in [-0.2, 0) is 11.3 Å². The first kappa shape index (κ1) is 20.5. The van der Waals surface area contributed by atoms with Crippen LogP contribution in [0.5, 0.6) is 0 Å². The van der Waals surface area contributed by atoms with Gasteiger partial charge in [-0.2, -0.15) is 0 Å². The standard InChI is InChI=1S/C24H25FN6O/c1-14-23-21(29-24(26)28-14)8-16(9-22(23)30-32-18-12-31(2)13-18)19-6-5-17(25)10-20(19)15-4-3-7-27-11-15/h3-7,10-11,16,18H,8-9,12-13H2,1-2H3,(H2,26,28,29)/b30-22+/t16-/m1/s1. The number of oxime groups is 1. The highest BCUT2D eigenvalue weighted by Crippen LogP contribution is 2.38. The third kappa shape index (κ3) is 3.93. The van der Waals surface area contributed by atoms with Gasteiger partial charge in [0.1, 0.15) is 5.82 Å². The average molecular weight is 433 g/mol. The summed E-state index contributed by atoms with van der Waals surface area (Å²) in [5.41, 5.74) is 12.1. The van der Waals surface area contributed by atoms with Crippen molar-refractivity contribution in [1.82, 2.24) is 19.9 Å². The van der Waals surface area contributed by atoms with Gasteiger partial charge in [-0.05, 0) is 55.6 Å². The van der Waals surface area contributed by atoms with Gasteiger partial charge < -0.3 is 10.6 Å². The van der Waals surface area contributed by atoms with E-state index in [1.807, 2.05) is 32.2 Å². The van der Waals surface area contributed by atoms with Crippen LogP contribution >= 0.6 is 0 Å². The van der Waals surface area contributed by atoms with Crippen LogP contribution in [0.2, 0.25) is 0 Å². The van der Waals surface area contributed by atoms with Crippen molar-refractivity contribution in [2.45, 2.75) is 31.8 Å². The summed E-state index contributed by atoms with van der Waals surface area (Å²) in [7, 11) is 2.05. The number of pyridine rings is 1. The Labute approximate surface area is 186 Å². The number of aryl methyl sites for hydroxylation is 1. The van der Waals surface area contributed by atoms with Crippen molar-refractivity contribution >= 4 is 11.7 Å². The molecule has 0 amide bonds. The maximum Gasteiger partial charge on any atom is 0.220 e. The SMILES string of the molecule is Cc1nc(N)nc2c1/C(=N/OC1CN(C)C1)C[C@H](c1ccc(F)cc1-c1cccnc1)C2. The van der Waals surface area contributed by atoms with Crippen molar-refractivity contribution in [1.29, 1.82) is 0 Å². The molecule has 8 heteroatoms. The van der Waals surface area contributed by atoms with Crippen LogP contribution in [0.25, 0.3) is 11.1 Å². The lowest BCUT2D eigenvalue weighted by Crippen LogP contribution is -2.49. The quantitative estimate of drug-likeness (QED) is 0.636. The number of hydrogen-bond donors (Lipinski definition) is 1. The minimum atomic E-state index is -0.280. The number of likely N-dealkylation sites (tertiary alicyclic amines) is 1. The number of nitrogens with two attached hydrogens (primary N) is 1. The van der Waals surface area contributed by atoms with Gasteiger partial charge in [0, 0.05) is 43.0 Å². The lowest BCUT2D eigenvalue weighted by atomic mass is 9.78. The Balaban J connectivity index is 1.56. The molecule has 2 aromatic heterocycles. The van der Waals surface area contributed by atoms with E-state index in [2.05, 4.69) is 25.0 Å². The fourth-order valence-corrected chi connectivity index (χ4v) is 4.63. The Kier molecular flexibility index (Phi) is 5.30. The summed E-state index contributed by atoms with van der Waals surface area (Å²) in [5.74, 6) is 0.00495. The van der Waals surface area contributed by atoms with Gasteiger partial charge in [0.2, 0.25) is 5.95 Å². The van der Waals surface area contributed by atoms with Gasteiger partial charge >= 0.3 is 0 Å². The summed E-state index contributed by atoms with van der Waals surface area (Å²) in [4.78, 5) is 21.1. The molecule has 0 radical (unpaired) electrons. The van der Waals surface area contributed by atoms with Gasteiger partial charge in [-0.25, -0.2) is 14.4 Å². The summed E-state index contributed by atoms with van der Waals surface area (Å²) >= 11 is 0. The number of benzene rings is 1. The van der Waals surface area contributed by atoms with Crippen molar-refractivity contribution < 1.29 is 9.23 Å². The lowest BCUT2D eigenvalue weighted by Gasteiger charge is -2.34. The molecule has 32 heavy (non-hydrogen) atoms. The molecule has 0 spiro atoms. The van der Waals surface area contributed by atoms with Crippen molar-refractivity contribution in [3.63, 3.8) is 0 Å². The number of anilines is 1. The summed E-state index contributed by atoms with van der Waals surface area (Å²) in [6, 6.07) is 8.72. The van der Waals surface area contributed by atoms with E-state index < -0.39 is 0 Å². The predicted octanol–water partition coefficient (Wildman–Crippen LogP) is 3.33. The second-order valence-electron chi connectivity index (χ2n) is 8.55. The largest absolute Gasteiger partial charge is 0.390 e.